The van der Waals surface area contributed by atoms with Crippen LogP contribution in [0.5, 0.6) is 0 Å². The van der Waals surface area contributed by atoms with Crippen LogP contribution >= 0.6 is 0 Å². The van der Waals surface area contributed by atoms with Crippen LogP contribution in [0, 0.1) is 11.8 Å². The van der Waals surface area contributed by atoms with Gasteiger partial charge < -0.3 is 9.80 Å². The molecule has 3 heteroatoms. The molecule has 0 amide bonds. The lowest BCUT2D eigenvalue weighted by Crippen LogP contribution is -2.61. The summed E-state index contributed by atoms with van der Waals surface area (Å²) in [6, 6.07) is 57.5. The molecule has 2 nitrogen and oxygen atoms in total. The maximum Gasteiger partial charge on any atom is 0.252 e. The Kier molecular flexibility index (Phi) is 5.35. The van der Waals surface area contributed by atoms with Gasteiger partial charge in [-0.2, -0.15) is 0 Å². The first-order chi connectivity index (χ1) is 24.8. The van der Waals surface area contributed by atoms with Crippen molar-refractivity contribution in [2.24, 2.45) is 11.8 Å². The number of hydrogen-bond acceptors (Lipinski definition) is 2. The van der Waals surface area contributed by atoms with Crippen LogP contribution in [0.15, 0.2) is 152 Å². The number of para-hydroxylation sites is 2. The molecule has 50 heavy (non-hydrogen) atoms. The first-order valence-electron chi connectivity index (χ1n) is 18.4. The molecule has 236 valence electrons. The lowest BCUT2D eigenvalue weighted by molar-refractivity contribution is 0.327. The quantitative estimate of drug-likeness (QED) is 0.174. The normalized spacial score (nSPS) is 21.6. The van der Waals surface area contributed by atoms with Crippen molar-refractivity contribution in [2.45, 2.75) is 31.1 Å². The van der Waals surface area contributed by atoms with Gasteiger partial charge in [0, 0.05) is 39.5 Å². The molecule has 1 spiro atoms. The number of rotatable bonds is 2. The maximum atomic E-state index is 2.61. The Morgan fingerprint density at radius 1 is 0.520 bits per heavy atom. The molecule has 7 aromatic rings. The zero-order valence-electron chi connectivity index (χ0n) is 27.9. The molecular formula is C47H35BN2. The molecule has 2 aliphatic heterocycles. The summed E-state index contributed by atoms with van der Waals surface area (Å²) in [5, 5.41) is 2.63. The van der Waals surface area contributed by atoms with E-state index in [1.165, 1.54) is 98.1 Å². The van der Waals surface area contributed by atoms with Crippen LogP contribution in [0.1, 0.15) is 36.8 Å². The number of anilines is 6. The Balaban J connectivity index is 1.15. The van der Waals surface area contributed by atoms with Gasteiger partial charge in [-0.15, -0.1) is 0 Å². The minimum Gasteiger partial charge on any atom is -0.311 e. The predicted octanol–water partition coefficient (Wildman–Crippen LogP) is 10.0. The SMILES string of the molecule is c1ccc(N2c3ccccc3B3c4c2cccc4N(c2ccc4c(c2)[C@@]2(C[C@H]5CC[C@@H]2C5)c2ccccc2-4)c2ccc4ccccc4c23)cc1. The third-order valence-electron chi connectivity index (χ3n) is 13.1. The monoisotopic (exact) mass is 638 g/mol. The zero-order valence-corrected chi connectivity index (χ0v) is 27.9. The van der Waals surface area contributed by atoms with Crippen LogP contribution in [0.4, 0.5) is 34.1 Å². The van der Waals surface area contributed by atoms with E-state index in [-0.39, 0.29) is 12.1 Å². The first-order valence-corrected chi connectivity index (χ1v) is 18.4. The Hall–Kier alpha value is -5.54. The van der Waals surface area contributed by atoms with Gasteiger partial charge >= 0.3 is 0 Å². The third-order valence-corrected chi connectivity index (χ3v) is 13.1. The van der Waals surface area contributed by atoms with Crippen LogP contribution in [0.3, 0.4) is 0 Å². The van der Waals surface area contributed by atoms with Crippen molar-refractivity contribution < 1.29 is 0 Å². The minimum atomic E-state index is 0.116. The molecule has 3 atom stereocenters. The highest BCUT2D eigenvalue weighted by Gasteiger charge is 2.57. The van der Waals surface area contributed by atoms with E-state index in [1.807, 2.05) is 0 Å². The molecule has 2 fully saturated rings. The molecule has 0 radical (unpaired) electrons. The molecule has 2 heterocycles. The Morgan fingerprint density at radius 3 is 2.10 bits per heavy atom. The molecule has 3 aliphatic carbocycles. The zero-order chi connectivity index (χ0) is 32.6. The summed E-state index contributed by atoms with van der Waals surface area (Å²) in [5.74, 6) is 1.57. The maximum absolute atomic E-state index is 2.61. The minimum absolute atomic E-state index is 0.116. The van der Waals surface area contributed by atoms with Crippen LogP contribution in [-0.4, -0.2) is 6.71 Å². The average molecular weight is 639 g/mol. The second-order valence-corrected chi connectivity index (χ2v) is 15.3. The number of hydrogen-bond donors (Lipinski definition) is 0. The van der Waals surface area contributed by atoms with Gasteiger partial charge in [0.25, 0.3) is 6.71 Å². The average Bonchev–Trinajstić information content (AvgIpc) is 3.87. The van der Waals surface area contributed by atoms with Gasteiger partial charge in [0.05, 0.1) is 0 Å². The fourth-order valence-electron chi connectivity index (χ4n) is 11.3. The molecule has 0 saturated heterocycles. The lowest BCUT2D eigenvalue weighted by Gasteiger charge is -2.44. The molecule has 0 unspecified atom stereocenters. The Bertz CT molecular complexity index is 2560. The number of fused-ring (bicyclic) bond motifs is 14. The highest BCUT2D eigenvalue weighted by Crippen LogP contribution is 2.66. The smallest absolute Gasteiger partial charge is 0.252 e. The second-order valence-electron chi connectivity index (χ2n) is 15.3. The van der Waals surface area contributed by atoms with Gasteiger partial charge in [0.2, 0.25) is 0 Å². The van der Waals surface area contributed by atoms with Crippen LogP contribution in [0.2, 0.25) is 0 Å². The van der Waals surface area contributed by atoms with Crippen LogP contribution in [-0.2, 0) is 5.41 Å². The summed E-state index contributed by atoms with van der Waals surface area (Å²) in [6.07, 6.45) is 5.41. The summed E-state index contributed by atoms with van der Waals surface area (Å²) in [7, 11) is 0. The fraction of sp³-hybridized carbons (Fsp3) is 0.149. The fourth-order valence-corrected chi connectivity index (χ4v) is 11.3. The van der Waals surface area contributed by atoms with Gasteiger partial charge in [0.15, 0.2) is 0 Å². The summed E-state index contributed by atoms with van der Waals surface area (Å²) in [6.45, 7) is 0.116. The van der Waals surface area contributed by atoms with Crippen molar-refractivity contribution in [1.29, 1.82) is 0 Å². The molecule has 7 aromatic carbocycles. The van der Waals surface area contributed by atoms with E-state index in [0.29, 0.717) is 0 Å². The third kappa shape index (κ3) is 3.36. The van der Waals surface area contributed by atoms with Crippen molar-refractivity contribution >= 4 is 68.0 Å². The van der Waals surface area contributed by atoms with Gasteiger partial charge in [-0.1, -0.05) is 110 Å². The number of benzene rings is 7. The van der Waals surface area contributed by atoms with Gasteiger partial charge in [-0.3, -0.25) is 0 Å². The molecule has 5 aliphatic rings. The molecule has 0 aromatic heterocycles. The highest BCUT2D eigenvalue weighted by molar-refractivity contribution is 7.01. The van der Waals surface area contributed by atoms with Crippen molar-refractivity contribution in [1.82, 2.24) is 0 Å². The van der Waals surface area contributed by atoms with E-state index in [4.69, 9.17) is 0 Å². The molecule has 2 saturated carbocycles. The van der Waals surface area contributed by atoms with Gasteiger partial charge in [0.1, 0.15) is 0 Å². The summed E-state index contributed by atoms with van der Waals surface area (Å²) in [4.78, 5) is 5.10. The summed E-state index contributed by atoms with van der Waals surface area (Å²) < 4.78 is 0. The Labute approximate surface area is 293 Å². The van der Waals surface area contributed by atoms with Crippen molar-refractivity contribution in [3.63, 3.8) is 0 Å². The molecule has 12 rings (SSSR count). The molecule has 2 bridgehead atoms. The Morgan fingerprint density at radius 2 is 1.24 bits per heavy atom. The standard InChI is InChI=1S/C47H35BN2/c1-2-12-33(13-3-1)49-41-18-9-8-17-40(41)48-45-35-14-5-4-11-31(35)22-26-44(45)50(43-20-10-19-42(49)46(43)48)34-24-25-37-36-15-6-7-16-38(36)47(39(37)28-34)29-30-21-23-32(47)27-30/h1-20,22,24-26,28,30,32H,21,23,27,29H2/t30-,32+,47+/m0/s1. The lowest BCUT2D eigenvalue weighted by atomic mass is 9.33. The van der Waals surface area contributed by atoms with Crippen LogP contribution in [0.25, 0.3) is 21.9 Å². The molecular weight excluding hydrogens is 603 g/mol. The second kappa shape index (κ2) is 9.79. The van der Waals surface area contributed by atoms with Crippen molar-refractivity contribution in [3.05, 3.63) is 163 Å². The van der Waals surface area contributed by atoms with Gasteiger partial charge in [-0.25, -0.2) is 0 Å². The summed E-state index contributed by atoms with van der Waals surface area (Å²) in [5.41, 5.74) is 17.9. The van der Waals surface area contributed by atoms with Crippen LogP contribution < -0.4 is 26.2 Å². The van der Waals surface area contributed by atoms with Crippen molar-refractivity contribution in [3.8, 4) is 11.1 Å². The van der Waals surface area contributed by atoms with Crippen molar-refractivity contribution in [2.75, 3.05) is 9.80 Å². The summed E-state index contributed by atoms with van der Waals surface area (Å²) >= 11 is 0. The largest absolute Gasteiger partial charge is 0.311 e. The van der Waals surface area contributed by atoms with E-state index in [1.54, 1.807) is 11.1 Å². The topological polar surface area (TPSA) is 6.48 Å². The van der Waals surface area contributed by atoms with E-state index >= 15 is 0 Å². The predicted molar refractivity (Wildman–Crippen MR) is 210 cm³/mol. The molecule has 0 N–H and O–H groups in total. The highest BCUT2D eigenvalue weighted by atomic mass is 15.2. The van der Waals surface area contributed by atoms with E-state index < -0.39 is 0 Å². The van der Waals surface area contributed by atoms with Gasteiger partial charge in [-0.05, 0) is 129 Å². The van der Waals surface area contributed by atoms with E-state index in [0.717, 1.165) is 11.8 Å². The van der Waals surface area contributed by atoms with E-state index in [9.17, 15) is 0 Å². The van der Waals surface area contributed by atoms with E-state index in [2.05, 4.69) is 161 Å². The number of nitrogens with zero attached hydrogens (tertiary/aromatic N) is 2. The first kappa shape index (κ1) is 27.3.